The van der Waals surface area contributed by atoms with Gasteiger partial charge in [-0.3, -0.25) is 4.79 Å². The average molecular weight is 293 g/mol. The molecule has 0 aliphatic carbocycles. The quantitative estimate of drug-likeness (QED) is 0.772. The summed E-state index contributed by atoms with van der Waals surface area (Å²) in [5.74, 6) is -0.826. The van der Waals surface area contributed by atoms with Crippen LogP contribution in [0.4, 0.5) is 0 Å². The van der Waals surface area contributed by atoms with Crippen LogP contribution in [0.25, 0.3) is 0 Å². The smallest absolute Gasteiger partial charge is 0.326 e. The van der Waals surface area contributed by atoms with Gasteiger partial charge in [0.1, 0.15) is 11.8 Å². The molecule has 5 heteroatoms. The van der Waals surface area contributed by atoms with Crippen molar-refractivity contribution in [1.29, 1.82) is 0 Å². The number of amides is 1. The molecule has 0 fully saturated rings. The second-order valence-electron chi connectivity index (χ2n) is 5.14. The van der Waals surface area contributed by atoms with Crippen LogP contribution in [0.5, 0.6) is 5.75 Å². The summed E-state index contributed by atoms with van der Waals surface area (Å²) in [6, 6.07) is 4.72. The Kier molecular flexibility index (Phi) is 6.72. The lowest BCUT2D eigenvalue weighted by Crippen LogP contribution is -2.42. The first kappa shape index (κ1) is 17.0. The van der Waals surface area contributed by atoms with Crippen molar-refractivity contribution in [1.82, 2.24) is 5.32 Å². The Morgan fingerprint density at radius 3 is 2.57 bits per heavy atom. The third-order valence-corrected chi connectivity index (χ3v) is 3.33. The first-order valence-corrected chi connectivity index (χ1v) is 7.16. The maximum Gasteiger partial charge on any atom is 0.326 e. The topological polar surface area (TPSA) is 75.6 Å². The van der Waals surface area contributed by atoms with Crippen molar-refractivity contribution in [2.24, 2.45) is 0 Å². The summed E-state index contributed by atoms with van der Waals surface area (Å²) in [6.07, 6.45) is 2.08. The Labute approximate surface area is 125 Å². The van der Waals surface area contributed by atoms with Crippen LogP contribution in [0.3, 0.4) is 0 Å². The van der Waals surface area contributed by atoms with Crippen LogP contribution in [0, 0.1) is 13.8 Å². The number of aryl methyl sites for hydroxylation is 2. The molecule has 2 N–H and O–H groups in total. The molecule has 0 heterocycles. The number of ether oxygens (including phenoxy) is 1. The Hall–Kier alpha value is -2.04. The third-order valence-electron chi connectivity index (χ3n) is 3.33. The van der Waals surface area contributed by atoms with Gasteiger partial charge in [0.25, 0.3) is 5.91 Å². The standard InChI is InChI=1S/C16H23NO4/c1-4-5-6-14(16(19)20)17-15(18)10-21-13-8-7-11(2)12(3)9-13/h7-9,14H,4-6,10H2,1-3H3,(H,17,18)(H,19,20). The fourth-order valence-corrected chi connectivity index (χ4v) is 1.85. The molecular formula is C16H23NO4. The Morgan fingerprint density at radius 2 is 2.00 bits per heavy atom. The van der Waals surface area contributed by atoms with E-state index in [-0.39, 0.29) is 6.61 Å². The van der Waals surface area contributed by atoms with Crippen LogP contribution in [0.15, 0.2) is 18.2 Å². The number of carboxylic acid groups (broad SMARTS) is 1. The summed E-state index contributed by atoms with van der Waals surface area (Å²) in [5.41, 5.74) is 2.23. The van der Waals surface area contributed by atoms with Crippen LogP contribution in [-0.2, 0) is 9.59 Å². The Morgan fingerprint density at radius 1 is 1.29 bits per heavy atom. The molecule has 1 rings (SSSR count). The van der Waals surface area contributed by atoms with E-state index in [4.69, 9.17) is 9.84 Å². The molecule has 1 unspecified atom stereocenters. The van der Waals surface area contributed by atoms with Crippen LogP contribution in [-0.4, -0.2) is 29.6 Å². The van der Waals surface area contributed by atoms with Gasteiger partial charge in [-0.15, -0.1) is 0 Å². The maximum absolute atomic E-state index is 11.7. The van der Waals surface area contributed by atoms with Crippen molar-refractivity contribution in [3.63, 3.8) is 0 Å². The number of hydrogen-bond donors (Lipinski definition) is 2. The van der Waals surface area contributed by atoms with E-state index in [0.717, 1.165) is 24.0 Å². The zero-order valence-electron chi connectivity index (χ0n) is 12.8. The van der Waals surface area contributed by atoms with Gasteiger partial charge in [-0.1, -0.05) is 25.8 Å². The average Bonchev–Trinajstić information content (AvgIpc) is 2.44. The highest BCUT2D eigenvalue weighted by atomic mass is 16.5. The van der Waals surface area contributed by atoms with Crippen molar-refractivity contribution in [2.45, 2.75) is 46.1 Å². The Bertz CT molecular complexity index is 499. The van der Waals surface area contributed by atoms with Gasteiger partial charge in [0.2, 0.25) is 0 Å². The number of rotatable bonds is 8. The molecule has 0 aliphatic rings. The highest BCUT2D eigenvalue weighted by Crippen LogP contribution is 2.16. The summed E-state index contributed by atoms with van der Waals surface area (Å²) in [6.45, 7) is 5.76. The number of carbonyl (C=O) groups excluding carboxylic acids is 1. The van der Waals surface area contributed by atoms with Crippen LogP contribution >= 0.6 is 0 Å². The second kappa shape index (κ2) is 8.29. The predicted molar refractivity (Wildman–Crippen MR) is 80.5 cm³/mol. The predicted octanol–water partition coefficient (Wildman–Crippen LogP) is 2.44. The number of benzene rings is 1. The molecule has 5 nitrogen and oxygen atoms in total. The molecule has 0 bridgehead atoms. The van der Waals surface area contributed by atoms with E-state index in [9.17, 15) is 9.59 Å². The zero-order chi connectivity index (χ0) is 15.8. The summed E-state index contributed by atoms with van der Waals surface area (Å²) < 4.78 is 5.38. The number of carbonyl (C=O) groups is 2. The van der Waals surface area contributed by atoms with E-state index in [1.165, 1.54) is 0 Å². The van der Waals surface area contributed by atoms with Crippen LogP contribution in [0.2, 0.25) is 0 Å². The summed E-state index contributed by atoms with van der Waals surface area (Å²) in [4.78, 5) is 22.8. The number of hydrogen-bond acceptors (Lipinski definition) is 3. The largest absolute Gasteiger partial charge is 0.484 e. The lowest BCUT2D eigenvalue weighted by Gasteiger charge is -2.14. The molecule has 0 saturated carbocycles. The molecule has 0 aliphatic heterocycles. The first-order chi connectivity index (χ1) is 9.93. The minimum absolute atomic E-state index is 0.182. The first-order valence-electron chi connectivity index (χ1n) is 7.16. The van der Waals surface area contributed by atoms with E-state index >= 15 is 0 Å². The summed E-state index contributed by atoms with van der Waals surface area (Å²) in [7, 11) is 0. The molecule has 116 valence electrons. The molecule has 1 aromatic rings. The SMILES string of the molecule is CCCCC(NC(=O)COc1ccc(C)c(C)c1)C(=O)O. The van der Waals surface area contributed by atoms with Crippen LogP contribution in [0.1, 0.15) is 37.3 Å². The third kappa shape index (κ3) is 5.85. The Balaban J connectivity index is 2.48. The second-order valence-corrected chi connectivity index (χ2v) is 5.14. The highest BCUT2D eigenvalue weighted by Gasteiger charge is 2.19. The molecule has 0 spiro atoms. The van der Waals surface area contributed by atoms with Crippen molar-refractivity contribution in [3.05, 3.63) is 29.3 Å². The number of aliphatic carboxylic acids is 1. The highest BCUT2D eigenvalue weighted by molar-refractivity contribution is 5.84. The van der Waals surface area contributed by atoms with Gasteiger partial charge >= 0.3 is 5.97 Å². The van der Waals surface area contributed by atoms with Gasteiger partial charge in [-0.25, -0.2) is 4.79 Å². The van der Waals surface area contributed by atoms with Crippen LogP contribution < -0.4 is 10.1 Å². The molecule has 1 aromatic carbocycles. The minimum atomic E-state index is -1.01. The monoisotopic (exact) mass is 293 g/mol. The number of carboxylic acids is 1. The number of unbranched alkanes of at least 4 members (excludes halogenated alkanes) is 1. The van der Waals surface area contributed by atoms with Gasteiger partial charge in [0.15, 0.2) is 6.61 Å². The molecular weight excluding hydrogens is 270 g/mol. The van der Waals surface area contributed by atoms with E-state index in [2.05, 4.69) is 5.32 Å². The lowest BCUT2D eigenvalue weighted by molar-refractivity contribution is -0.142. The van der Waals surface area contributed by atoms with Gasteiger partial charge in [0.05, 0.1) is 0 Å². The fourth-order valence-electron chi connectivity index (χ4n) is 1.85. The molecule has 0 aromatic heterocycles. The zero-order valence-corrected chi connectivity index (χ0v) is 12.8. The van der Waals surface area contributed by atoms with Crippen molar-refractivity contribution in [3.8, 4) is 5.75 Å². The van der Waals surface area contributed by atoms with E-state index in [1.54, 1.807) is 6.07 Å². The molecule has 21 heavy (non-hydrogen) atoms. The van der Waals surface area contributed by atoms with E-state index in [0.29, 0.717) is 12.2 Å². The lowest BCUT2D eigenvalue weighted by atomic mass is 10.1. The molecule has 0 saturated heterocycles. The fraction of sp³-hybridized carbons (Fsp3) is 0.500. The maximum atomic E-state index is 11.7. The van der Waals surface area contributed by atoms with Gasteiger partial charge < -0.3 is 15.2 Å². The molecule has 0 radical (unpaired) electrons. The van der Waals surface area contributed by atoms with E-state index in [1.807, 2.05) is 32.9 Å². The molecule has 1 amide bonds. The van der Waals surface area contributed by atoms with Crippen molar-refractivity contribution >= 4 is 11.9 Å². The van der Waals surface area contributed by atoms with Gasteiger partial charge in [-0.2, -0.15) is 0 Å². The minimum Gasteiger partial charge on any atom is -0.484 e. The van der Waals surface area contributed by atoms with Gasteiger partial charge in [-0.05, 0) is 43.5 Å². The summed E-state index contributed by atoms with van der Waals surface area (Å²) >= 11 is 0. The number of nitrogens with one attached hydrogen (secondary N) is 1. The van der Waals surface area contributed by atoms with Crippen molar-refractivity contribution in [2.75, 3.05) is 6.61 Å². The normalized spacial score (nSPS) is 11.8. The van der Waals surface area contributed by atoms with E-state index < -0.39 is 17.9 Å². The molecule has 1 atom stereocenters. The van der Waals surface area contributed by atoms with Gasteiger partial charge in [0, 0.05) is 0 Å². The van der Waals surface area contributed by atoms with Crippen molar-refractivity contribution < 1.29 is 19.4 Å². The summed E-state index contributed by atoms with van der Waals surface area (Å²) in [5, 5.41) is 11.5.